The molecule has 0 amide bonds. The van der Waals surface area contributed by atoms with E-state index < -0.39 is 0 Å². The van der Waals surface area contributed by atoms with E-state index in [1.165, 1.54) is 19.3 Å². The second kappa shape index (κ2) is 8.69. The van der Waals surface area contributed by atoms with Crippen LogP contribution in [0.2, 0.25) is 0 Å². The van der Waals surface area contributed by atoms with E-state index in [1.807, 2.05) is 0 Å². The minimum Gasteiger partial charge on any atom is -0.480 e. The second-order valence-corrected chi connectivity index (χ2v) is 7.32. The lowest BCUT2D eigenvalue weighted by Crippen LogP contribution is -2.53. The molecule has 0 spiro atoms. The van der Waals surface area contributed by atoms with Crippen molar-refractivity contribution in [2.45, 2.75) is 26.2 Å². The number of halogens is 1. The summed E-state index contributed by atoms with van der Waals surface area (Å²) in [5, 5.41) is 3.43. The van der Waals surface area contributed by atoms with Crippen LogP contribution in [0.3, 0.4) is 0 Å². The topological polar surface area (TPSA) is 65.9 Å². The van der Waals surface area contributed by atoms with Crippen molar-refractivity contribution in [3.63, 3.8) is 0 Å². The summed E-state index contributed by atoms with van der Waals surface area (Å²) in [6.07, 6.45) is 5.75. The van der Waals surface area contributed by atoms with Gasteiger partial charge in [0.25, 0.3) is 0 Å². The summed E-state index contributed by atoms with van der Waals surface area (Å²) in [5.41, 5.74) is 0. The predicted octanol–water partition coefficient (Wildman–Crippen LogP) is 2.14. The van der Waals surface area contributed by atoms with E-state index in [1.54, 1.807) is 13.3 Å². The summed E-state index contributed by atoms with van der Waals surface area (Å²) in [4.78, 5) is 18.2. The van der Waals surface area contributed by atoms with Gasteiger partial charge in [-0.1, -0.05) is 12.8 Å². The minimum atomic E-state index is 0.572. The molecule has 1 aliphatic carbocycles. The third-order valence-corrected chi connectivity index (χ3v) is 5.13. The van der Waals surface area contributed by atoms with Gasteiger partial charge in [0.05, 0.1) is 17.8 Å². The summed E-state index contributed by atoms with van der Waals surface area (Å²) >= 11 is 3.40. The molecule has 1 aliphatic heterocycles. The first kappa shape index (κ1) is 18.2. The molecule has 0 bridgehead atoms. The molecule has 2 aliphatic rings. The van der Waals surface area contributed by atoms with Gasteiger partial charge in [-0.2, -0.15) is 4.98 Å². The largest absolute Gasteiger partial charge is 0.480 e. The number of anilines is 1. The monoisotopic (exact) mass is 410 g/mol. The predicted molar refractivity (Wildman–Crippen MR) is 103 cm³/mol. The van der Waals surface area contributed by atoms with E-state index in [9.17, 15) is 0 Å². The zero-order valence-corrected chi connectivity index (χ0v) is 16.6. The fourth-order valence-corrected chi connectivity index (χ4v) is 3.29. The molecule has 0 aromatic carbocycles. The van der Waals surface area contributed by atoms with Crippen LogP contribution in [0.4, 0.5) is 5.95 Å². The first-order chi connectivity index (χ1) is 12.2. The zero-order valence-electron chi connectivity index (χ0n) is 15.0. The molecule has 1 N–H and O–H groups in total. The van der Waals surface area contributed by atoms with Crippen LogP contribution < -0.4 is 15.0 Å². The third kappa shape index (κ3) is 4.96. The van der Waals surface area contributed by atoms with E-state index in [4.69, 9.17) is 9.73 Å². The van der Waals surface area contributed by atoms with Gasteiger partial charge in [-0.3, -0.25) is 4.99 Å². The van der Waals surface area contributed by atoms with Gasteiger partial charge < -0.3 is 19.9 Å². The number of hydrogen-bond acceptors (Lipinski definition) is 5. The Kier molecular flexibility index (Phi) is 6.34. The molecule has 0 atom stereocenters. The molecule has 2 fully saturated rings. The van der Waals surface area contributed by atoms with E-state index in [0.29, 0.717) is 5.88 Å². The molecule has 3 rings (SSSR count). The Hall–Kier alpha value is -1.57. The summed E-state index contributed by atoms with van der Waals surface area (Å²) in [7, 11) is 1.62. The lowest BCUT2D eigenvalue weighted by molar-refractivity contribution is 0.366. The van der Waals surface area contributed by atoms with Crippen LogP contribution in [0, 0.1) is 5.92 Å². The van der Waals surface area contributed by atoms with Crippen molar-refractivity contribution >= 4 is 27.8 Å². The Morgan fingerprint density at radius 2 is 2.12 bits per heavy atom. The van der Waals surface area contributed by atoms with Crippen molar-refractivity contribution in [2.75, 3.05) is 51.3 Å². The third-order valence-electron chi connectivity index (χ3n) is 4.59. The average Bonchev–Trinajstić information content (AvgIpc) is 3.46. The first-order valence-corrected chi connectivity index (χ1v) is 9.85. The average molecular weight is 411 g/mol. The van der Waals surface area contributed by atoms with Crippen LogP contribution >= 0.6 is 15.9 Å². The highest BCUT2D eigenvalue weighted by Gasteiger charge is 2.23. The van der Waals surface area contributed by atoms with Crippen LogP contribution in [0.25, 0.3) is 0 Å². The molecule has 0 unspecified atom stereocenters. The van der Waals surface area contributed by atoms with Gasteiger partial charge in [-0.15, -0.1) is 0 Å². The lowest BCUT2D eigenvalue weighted by Gasteiger charge is -2.36. The maximum Gasteiger partial charge on any atom is 0.232 e. The quantitative estimate of drug-likeness (QED) is 0.572. The van der Waals surface area contributed by atoms with Crippen molar-refractivity contribution in [2.24, 2.45) is 10.9 Å². The molecule has 25 heavy (non-hydrogen) atoms. The van der Waals surface area contributed by atoms with Crippen LogP contribution in [0.1, 0.15) is 26.2 Å². The van der Waals surface area contributed by atoms with Crippen LogP contribution in [0.15, 0.2) is 15.7 Å². The van der Waals surface area contributed by atoms with E-state index in [2.05, 4.69) is 47.9 Å². The molecule has 0 radical (unpaired) electrons. The van der Waals surface area contributed by atoms with Crippen LogP contribution in [-0.4, -0.2) is 67.2 Å². The minimum absolute atomic E-state index is 0.572. The molecule has 1 saturated heterocycles. The van der Waals surface area contributed by atoms with Crippen molar-refractivity contribution in [3.05, 3.63) is 10.7 Å². The number of aromatic nitrogens is 2. The maximum absolute atomic E-state index is 5.27. The number of hydrogen-bond donors (Lipinski definition) is 1. The van der Waals surface area contributed by atoms with Crippen molar-refractivity contribution in [1.29, 1.82) is 0 Å². The number of rotatable bonds is 6. The number of guanidine groups is 1. The van der Waals surface area contributed by atoms with Gasteiger partial charge in [0.15, 0.2) is 5.96 Å². The SMILES string of the molecule is CCNC(=NCCC1CC1)N1CCN(c2ncc(Br)c(OC)n2)CC1. The number of ether oxygens (including phenoxy) is 1. The van der Waals surface area contributed by atoms with Gasteiger partial charge in [0, 0.05) is 39.3 Å². The molecule has 1 aromatic rings. The Labute approximate surface area is 158 Å². The molecule has 1 saturated carbocycles. The summed E-state index contributed by atoms with van der Waals surface area (Å²) in [6, 6.07) is 0. The molecular formula is C17H27BrN6O. The van der Waals surface area contributed by atoms with E-state index in [-0.39, 0.29) is 0 Å². The van der Waals surface area contributed by atoms with Gasteiger partial charge in [0.1, 0.15) is 0 Å². The number of nitrogens with zero attached hydrogens (tertiary/aromatic N) is 5. The molecule has 138 valence electrons. The smallest absolute Gasteiger partial charge is 0.232 e. The maximum atomic E-state index is 5.27. The van der Waals surface area contributed by atoms with Crippen LogP contribution in [0.5, 0.6) is 5.88 Å². The fourth-order valence-electron chi connectivity index (χ4n) is 2.94. The van der Waals surface area contributed by atoms with Crippen molar-refractivity contribution in [1.82, 2.24) is 20.2 Å². The zero-order chi connectivity index (χ0) is 17.6. The second-order valence-electron chi connectivity index (χ2n) is 6.47. The molecule has 7 nitrogen and oxygen atoms in total. The highest BCUT2D eigenvalue weighted by molar-refractivity contribution is 9.10. The highest BCUT2D eigenvalue weighted by atomic mass is 79.9. The molecule has 1 aromatic heterocycles. The normalized spacial score (nSPS) is 18.4. The van der Waals surface area contributed by atoms with E-state index >= 15 is 0 Å². The summed E-state index contributed by atoms with van der Waals surface area (Å²) < 4.78 is 6.04. The lowest BCUT2D eigenvalue weighted by atomic mass is 10.3. The van der Waals surface area contributed by atoms with Gasteiger partial charge in [0.2, 0.25) is 11.8 Å². The molecule has 2 heterocycles. The van der Waals surface area contributed by atoms with E-state index in [0.717, 1.165) is 61.6 Å². The van der Waals surface area contributed by atoms with Gasteiger partial charge in [-0.25, -0.2) is 4.98 Å². The van der Waals surface area contributed by atoms with Gasteiger partial charge in [-0.05, 0) is 35.2 Å². The Bertz CT molecular complexity index is 599. The Morgan fingerprint density at radius 1 is 1.36 bits per heavy atom. The van der Waals surface area contributed by atoms with Gasteiger partial charge >= 0.3 is 0 Å². The highest BCUT2D eigenvalue weighted by Crippen LogP contribution is 2.32. The molecular weight excluding hydrogens is 384 g/mol. The van der Waals surface area contributed by atoms with Crippen LogP contribution in [-0.2, 0) is 0 Å². The Balaban J connectivity index is 1.57. The Morgan fingerprint density at radius 3 is 2.76 bits per heavy atom. The fraction of sp³-hybridized carbons (Fsp3) is 0.706. The summed E-state index contributed by atoms with van der Waals surface area (Å²) in [5.74, 6) is 3.25. The first-order valence-electron chi connectivity index (χ1n) is 9.06. The van der Waals surface area contributed by atoms with Crippen molar-refractivity contribution in [3.8, 4) is 5.88 Å². The number of nitrogens with one attached hydrogen (secondary N) is 1. The molecule has 8 heteroatoms. The van der Waals surface area contributed by atoms with Crippen molar-refractivity contribution < 1.29 is 4.74 Å². The standard InChI is InChI=1S/C17H27BrN6O/c1-3-19-16(20-7-6-13-4-5-13)23-8-10-24(11-9-23)17-21-12-14(18)15(22-17)25-2/h12-13H,3-11H2,1-2H3,(H,19,20). The number of piperazine rings is 1. The summed E-state index contributed by atoms with van der Waals surface area (Å²) in [6.45, 7) is 7.52. The number of aliphatic imine (C=N–C) groups is 1. The number of methoxy groups -OCH3 is 1.